The van der Waals surface area contributed by atoms with Gasteiger partial charge in [-0.2, -0.15) is 23.4 Å². The number of phenolic OH excluding ortho intramolecular Hbond substituents is 1. The first-order valence-electron chi connectivity index (χ1n) is 12.9. The average Bonchev–Trinajstić information content (AvgIpc) is 3.71. The lowest BCUT2D eigenvalue weighted by Gasteiger charge is -2.21. The first-order chi connectivity index (χ1) is 19.6. The van der Waals surface area contributed by atoms with Gasteiger partial charge in [0.1, 0.15) is 5.75 Å². The molecule has 0 fully saturated rings. The van der Waals surface area contributed by atoms with Crippen molar-refractivity contribution in [2.24, 2.45) is 5.10 Å². The number of amides is 1. The summed E-state index contributed by atoms with van der Waals surface area (Å²) in [5, 5.41) is 22.2. The predicted molar refractivity (Wildman–Crippen MR) is 150 cm³/mol. The molecular weight excluding hydrogens is 551 g/mol. The van der Waals surface area contributed by atoms with Gasteiger partial charge in [-0.3, -0.25) is 4.79 Å². The third-order valence-electron chi connectivity index (χ3n) is 7.03. The number of thiophene rings is 1. The van der Waals surface area contributed by atoms with E-state index >= 15 is 0 Å². The fourth-order valence-corrected chi connectivity index (χ4v) is 5.61. The normalized spacial score (nSPS) is 15.6. The van der Waals surface area contributed by atoms with Crippen molar-refractivity contribution < 1.29 is 23.1 Å². The summed E-state index contributed by atoms with van der Waals surface area (Å²) >= 11 is 1.46. The molecule has 41 heavy (non-hydrogen) atoms. The maximum atomic E-state index is 14.2. The zero-order valence-corrected chi connectivity index (χ0v) is 22.8. The Labute approximate surface area is 237 Å². The van der Waals surface area contributed by atoms with Crippen LogP contribution >= 0.6 is 11.3 Å². The summed E-state index contributed by atoms with van der Waals surface area (Å²) in [7, 11) is 0. The summed E-state index contributed by atoms with van der Waals surface area (Å²) < 4.78 is 43.2. The van der Waals surface area contributed by atoms with Gasteiger partial charge in [0.2, 0.25) is 0 Å². The molecule has 0 saturated carbocycles. The molecule has 1 atom stereocenters. The van der Waals surface area contributed by atoms with E-state index in [0.717, 1.165) is 16.5 Å². The number of aromatic hydroxyl groups is 1. The molecule has 1 aliphatic rings. The highest BCUT2D eigenvalue weighted by Gasteiger charge is 2.38. The fourth-order valence-electron chi connectivity index (χ4n) is 4.89. The van der Waals surface area contributed by atoms with E-state index in [-0.39, 0.29) is 28.7 Å². The topological polar surface area (TPSA) is 83.1 Å². The van der Waals surface area contributed by atoms with Gasteiger partial charge in [-0.1, -0.05) is 62.4 Å². The van der Waals surface area contributed by atoms with Gasteiger partial charge in [0.15, 0.2) is 17.0 Å². The summed E-state index contributed by atoms with van der Waals surface area (Å²) in [6, 6.07) is 19.0. The molecule has 6 rings (SSSR count). The number of hydrazone groups is 1. The van der Waals surface area contributed by atoms with Crippen molar-refractivity contribution in [3.05, 3.63) is 106 Å². The number of carbonyl (C=O) groups excluding carboxylic acids is 1. The average molecular weight is 576 g/mol. The number of nitrogens with zero attached hydrogens (tertiary/aromatic N) is 5. The first-order valence-corrected chi connectivity index (χ1v) is 13.8. The highest BCUT2D eigenvalue weighted by atomic mass is 32.1. The van der Waals surface area contributed by atoms with Crippen LogP contribution in [0.1, 0.15) is 64.4 Å². The molecule has 0 unspecified atom stereocenters. The van der Waals surface area contributed by atoms with Crippen LogP contribution < -0.4 is 0 Å². The van der Waals surface area contributed by atoms with Crippen molar-refractivity contribution in [3.63, 3.8) is 0 Å². The molecule has 208 valence electrons. The fraction of sp³-hybridized carbons (Fsp3) is 0.200. The second-order valence-corrected chi connectivity index (χ2v) is 11.0. The number of halogens is 3. The van der Waals surface area contributed by atoms with Gasteiger partial charge in [0.25, 0.3) is 5.91 Å². The van der Waals surface area contributed by atoms with Crippen molar-refractivity contribution in [1.82, 2.24) is 19.6 Å². The number of benzene rings is 2. The molecule has 0 aliphatic carbocycles. The van der Waals surface area contributed by atoms with Crippen LogP contribution in [0.15, 0.2) is 83.3 Å². The van der Waals surface area contributed by atoms with E-state index in [1.165, 1.54) is 28.5 Å². The third-order valence-corrected chi connectivity index (χ3v) is 7.95. The highest BCUT2D eigenvalue weighted by Crippen LogP contribution is 2.39. The zero-order chi connectivity index (χ0) is 28.9. The second kappa shape index (κ2) is 10.2. The summed E-state index contributed by atoms with van der Waals surface area (Å²) in [4.78, 5) is 19.1. The van der Waals surface area contributed by atoms with Gasteiger partial charge >= 0.3 is 6.18 Å². The Bertz CT molecular complexity index is 1780. The maximum Gasteiger partial charge on any atom is 0.433 e. The number of hydrogen-bond donors (Lipinski definition) is 1. The molecule has 5 aromatic rings. The summed E-state index contributed by atoms with van der Waals surface area (Å²) in [6.45, 7) is 4.06. The van der Waals surface area contributed by atoms with Crippen molar-refractivity contribution in [1.29, 1.82) is 0 Å². The molecule has 3 aromatic heterocycles. The van der Waals surface area contributed by atoms with Crippen LogP contribution in [-0.4, -0.2) is 36.3 Å². The van der Waals surface area contributed by atoms with E-state index in [1.807, 2.05) is 43.5 Å². The SMILES string of the molecule is CC(C)c1ccc(-c2cc(C(F)(F)F)n3nc(C(=O)N4N=C(c5cccs5)C[C@@H]4c4ccccc4O)cc3n2)cc1. The van der Waals surface area contributed by atoms with Gasteiger partial charge in [-0.15, -0.1) is 11.3 Å². The quantitative estimate of drug-likeness (QED) is 0.238. The molecular formula is C30H24F3N5O2S. The van der Waals surface area contributed by atoms with Crippen LogP contribution in [0.3, 0.4) is 0 Å². The van der Waals surface area contributed by atoms with E-state index in [1.54, 1.807) is 30.3 Å². The van der Waals surface area contributed by atoms with Crippen LogP contribution in [-0.2, 0) is 6.18 Å². The van der Waals surface area contributed by atoms with Crippen LogP contribution in [0, 0.1) is 0 Å². The Morgan fingerprint density at radius 2 is 1.80 bits per heavy atom. The molecule has 2 aromatic carbocycles. The maximum absolute atomic E-state index is 14.2. The molecule has 11 heteroatoms. The largest absolute Gasteiger partial charge is 0.508 e. The van der Waals surface area contributed by atoms with Crippen LogP contribution in [0.5, 0.6) is 5.75 Å². The second-order valence-electron chi connectivity index (χ2n) is 10.1. The van der Waals surface area contributed by atoms with Gasteiger partial charge in [-0.05, 0) is 35.1 Å². The van der Waals surface area contributed by atoms with Crippen molar-refractivity contribution in [3.8, 4) is 17.0 Å². The van der Waals surface area contributed by atoms with Crippen LogP contribution in [0.25, 0.3) is 16.9 Å². The Morgan fingerprint density at radius 3 is 2.46 bits per heavy atom. The summed E-state index contributed by atoms with van der Waals surface area (Å²) in [6.07, 6.45) is -4.43. The molecule has 1 N–H and O–H groups in total. The van der Waals surface area contributed by atoms with E-state index < -0.39 is 23.8 Å². The predicted octanol–water partition coefficient (Wildman–Crippen LogP) is 7.30. The highest BCUT2D eigenvalue weighted by molar-refractivity contribution is 7.12. The summed E-state index contributed by atoms with van der Waals surface area (Å²) in [5.41, 5.74) is 1.37. The molecule has 1 aliphatic heterocycles. The van der Waals surface area contributed by atoms with Crippen molar-refractivity contribution in [2.75, 3.05) is 0 Å². The van der Waals surface area contributed by atoms with E-state index in [4.69, 9.17) is 0 Å². The monoisotopic (exact) mass is 575 g/mol. The number of rotatable bonds is 5. The number of alkyl halides is 3. The minimum absolute atomic E-state index is 0.0120. The zero-order valence-electron chi connectivity index (χ0n) is 22.0. The number of hydrogen-bond acceptors (Lipinski definition) is 6. The number of carbonyl (C=O) groups is 1. The molecule has 0 saturated heterocycles. The van der Waals surface area contributed by atoms with Gasteiger partial charge in [0, 0.05) is 23.6 Å². The van der Waals surface area contributed by atoms with Gasteiger partial charge in [-0.25, -0.2) is 14.5 Å². The smallest absolute Gasteiger partial charge is 0.433 e. The molecule has 7 nitrogen and oxygen atoms in total. The van der Waals surface area contributed by atoms with E-state index in [9.17, 15) is 23.1 Å². The lowest BCUT2D eigenvalue weighted by atomic mass is 10.00. The third kappa shape index (κ3) is 4.97. The standard InChI is InChI=1S/C30H24F3N5O2S/c1-17(2)18-9-11-19(12-10-18)21-15-27(30(31,32)33)38-28(34-21)16-23(36-38)29(40)37-24(20-6-3-4-7-25(20)39)14-22(35-37)26-8-5-13-41-26/h3-13,15-17,24,39H,14H2,1-2H3/t24-/m1/s1. The number of fused-ring (bicyclic) bond motifs is 1. The van der Waals surface area contributed by atoms with Gasteiger partial charge in [0.05, 0.1) is 22.3 Å². The van der Waals surface area contributed by atoms with Gasteiger partial charge < -0.3 is 5.11 Å². The first kappa shape index (κ1) is 26.7. The van der Waals surface area contributed by atoms with E-state index in [2.05, 4.69) is 15.2 Å². The van der Waals surface area contributed by atoms with Crippen molar-refractivity contribution in [2.45, 2.75) is 38.4 Å². The van der Waals surface area contributed by atoms with Crippen molar-refractivity contribution >= 4 is 28.6 Å². The van der Waals surface area contributed by atoms with Crippen LogP contribution in [0.4, 0.5) is 13.2 Å². The Kier molecular flexibility index (Phi) is 6.61. The summed E-state index contributed by atoms with van der Waals surface area (Å²) in [5.74, 6) is -0.447. The lowest BCUT2D eigenvalue weighted by molar-refractivity contribution is -0.142. The Morgan fingerprint density at radius 1 is 1.05 bits per heavy atom. The van der Waals surface area contributed by atoms with E-state index in [0.29, 0.717) is 27.8 Å². The molecule has 0 spiro atoms. The Balaban J connectivity index is 1.44. The Hall–Kier alpha value is -4.51. The minimum Gasteiger partial charge on any atom is -0.508 e. The number of phenols is 1. The molecule has 4 heterocycles. The number of para-hydroxylation sites is 1. The lowest BCUT2D eigenvalue weighted by Crippen LogP contribution is -2.27. The minimum atomic E-state index is -4.75. The molecule has 0 radical (unpaired) electrons. The van der Waals surface area contributed by atoms with Crippen LogP contribution in [0.2, 0.25) is 0 Å². The molecule has 1 amide bonds. The molecule has 0 bridgehead atoms. The number of aromatic nitrogens is 3.